The van der Waals surface area contributed by atoms with Crippen molar-refractivity contribution in [2.24, 2.45) is 0 Å². The molecule has 0 saturated heterocycles. The van der Waals surface area contributed by atoms with Crippen LogP contribution >= 0.6 is 0 Å². The number of carboxylic acids is 1. The standard InChI is InChI=1S/C17H19NO3/c1-12(15-8-3-4-9-16(15)21-2)18-11-13-6-5-7-14(10-13)17(19)20/h3-10,12,18H,11H2,1-2H3,(H,19,20)/t12-/m1/s1. The molecule has 0 radical (unpaired) electrons. The zero-order valence-corrected chi connectivity index (χ0v) is 12.2. The molecule has 21 heavy (non-hydrogen) atoms. The topological polar surface area (TPSA) is 58.6 Å². The van der Waals surface area contributed by atoms with Crippen molar-refractivity contribution in [1.29, 1.82) is 0 Å². The van der Waals surface area contributed by atoms with E-state index in [9.17, 15) is 4.79 Å². The van der Waals surface area contributed by atoms with Crippen LogP contribution in [0.1, 0.15) is 34.5 Å². The molecule has 1 atom stereocenters. The van der Waals surface area contributed by atoms with E-state index in [-0.39, 0.29) is 6.04 Å². The van der Waals surface area contributed by atoms with E-state index in [1.165, 1.54) is 0 Å². The second-order valence-corrected chi connectivity index (χ2v) is 4.85. The first-order valence-corrected chi connectivity index (χ1v) is 6.80. The van der Waals surface area contributed by atoms with Crippen LogP contribution in [0.15, 0.2) is 48.5 Å². The minimum absolute atomic E-state index is 0.106. The van der Waals surface area contributed by atoms with Gasteiger partial charge in [-0.2, -0.15) is 0 Å². The van der Waals surface area contributed by atoms with Gasteiger partial charge in [0.1, 0.15) is 5.75 Å². The van der Waals surface area contributed by atoms with E-state index in [1.807, 2.05) is 30.3 Å². The molecule has 0 unspecified atom stereocenters. The summed E-state index contributed by atoms with van der Waals surface area (Å²) in [6.07, 6.45) is 0. The maximum absolute atomic E-state index is 11.0. The van der Waals surface area contributed by atoms with Gasteiger partial charge in [-0.25, -0.2) is 4.79 Å². The Bertz CT molecular complexity index is 625. The second-order valence-electron chi connectivity index (χ2n) is 4.85. The Morgan fingerprint density at radius 3 is 2.71 bits per heavy atom. The highest BCUT2D eigenvalue weighted by Crippen LogP contribution is 2.24. The van der Waals surface area contributed by atoms with E-state index in [4.69, 9.17) is 9.84 Å². The summed E-state index contributed by atoms with van der Waals surface area (Å²) in [5, 5.41) is 12.4. The number of hydrogen-bond acceptors (Lipinski definition) is 3. The van der Waals surface area contributed by atoms with Crippen LogP contribution in [0.4, 0.5) is 0 Å². The third-order valence-electron chi connectivity index (χ3n) is 3.39. The van der Waals surface area contributed by atoms with Crippen molar-refractivity contribution in [2.45, 2.75) is 19.5 Å². The Labute approximate surface area is 124 Å². The molecule has 0 aliphatic heterocycles. The lowest BCUT2D eigenvalue weighted by Gasteiger charge is -2.17. The smallest absolute Gasteiger partial charge is 0.335 e. The third kappa shape index (κ3) is 3.83. The largest absolute Gasteiger partial charge is 0.496 e. The molecule has 0 amide bonds. The highest BCUT2D eigenvalue weighted by Gasteiger charge is 2.10. The number of methoxy groups -OCH3 is 1. The van der Waals surface area contributed by atoms with Crippen molar-refractivity contribution in [3.05, 3.63) is 65.2 Å². The molecule has 0 saturated carbocycles. The molecule has 4 heteroatoms. The maximum Gasteiger partial charge on any atom is 0.335 e. The first-order chi connectivity index (χ1) is 10.1. The fourth-order valence-electron chi connectivity index (χ4n) is 2.22. The van der Waals surface area contributed by atoms with Crippen molar-refractivity contribution in [3.8, 4) is 5.75 Å². The van der Waals surface area contributed by atoms with E-state index in [0.717, 1.165) is 16.9 Å². The van der Waals surface area contributed by atoms with Crippen LogP contribution in [-0.2, 0) is 6.54 Å². The van der Waals surface area contributed by atoms with Crippen molar-refractivity contribution in [3.63, 3.8) is 0 Å². The summed E-state index contributed by atoms with van der Waals surface area (Å²) >= 11 is 0. The lowest BCUT2D eigenvalue weighted by molar-refractivity contribution is 0.0696. The average Bonchev–Trinajstić information content (AvgIpc) is 2.52. The van der Waals surface area contributed by atoms with E-state index in [0.29, 0.717) is 12.1 Å². The fraction of sp³-hybridized carbons (Fsp3) is 0.235. The van der Waals surface area contributed by atoms with Gasteiger partial charge >= 0.3 is 5.97 Å². The van der Waals surface area contributed by atoms with Crippen LogP contribution in [0.2, 0.25) is 0 Å². The molecule has 0 heterocycles. The maximum atomic E-state index is 11.0. The summed E-state index contributed by atoms with van der Waals surface area (Å²) in [7, 11) is 1.65. The van der Waals surface area contributed by atoms with E-state index < -0.39 is 5.97 Å². The highest BCUT2D eigenvalue weighted by atomic mass is 16.5. The minimum atomic E-state index is -0.908. The molecule has 2 N–H and O–H groups in total. The van der Waals surface area contributed by atoms with E-state index in [1.54, 1.807) is 25.3 Å². The van der Waals surface area contributed by atoms with E-state index in [2.05, 4.69) is 12.2 Å². The summed E-state index contributed by atoms with van der Waals surface area (Å²) in [6, 6.07) is 14.9. The Morgan fingerprint density at radius 2 is 2.00 bits per heavy atom. The SMILES string of the molecule is COc1ccccc1[C@@H](C)NCc1cccc(C(=O)O)c1. The summed E-state index contributed by atoms with van der Waals surface area (Å²) in [5.41, 5.74) is 2.32. The Hall–Kier alpha value is -2.33. The predicted molar refractivity (Wildman–Crippen MR) is 81.7 cm³/mol. The third-order valence-corrected chi connectivity index (χ3v) is 3.39. The van der Waals surface area contributed by atoms with Crippen LogP contribution in [0, 0.1) is 0 Å². The Balaban J connectivity index is 2.05. The molecule has 4 nitrogen and oxygen atoms in total. The highest BCUT2D eigenvalue weighted by molar-refractivity contribution is 5.87. The zero-order chi connectivity index (χ0) is 15.2. The molecular weight excluding hydrogens is 266 g/mol. The fourth-order valence-corrected chi connectivity index (χ4v) is 2.22. The van der Waals surface area contributed by atoms with Gasteiger partial charge in [-0.05, 0) is 30.7 Å². The number of aromatic carboxylic acids is 1. The number of carbonyl (C=O) groups is 1. The number of carboxylic acid groups (broad SMARTS) is 1. The van der Waals surface area contributed by atoms with Gasteiger partial charge in [0.2, 0.25) is 0 Å². The van der Waals surface area contributed by atoms with Crippen LogP contribution in [0.3, 0.4) is 0 Å². The molecule has 0 aliphatic rings. The van der Waals surface area contributed by atoms with Gasteiger partial charge in [0.25, 0.3) is 0 Å². The molecule has 0 spiro atoms. The molecule has 0 bridgehead atoms. The van der Waals surface area contributed by atoms with Crippen LogP contribution in [0.25, 0.3) is 0 Å². The van der Waals surface area contributed by atoms with Crippen molar-refractivity contribution in [1.82, 2.24) is 5.32 Å². The first kappa shape index (κ1) is 15.1. The van der Waals surface area contributed by atoms with E-state index >= 15 is 0 Å². The molecule has 2 rings (SSSR count). The van der Waals surface area contributed by atoms with Gasteiger partial charge in [0.05, 0.1) is 12.7 Å². The molecule has 0 aromatic heterocycles. The number of ether oxygens (including phenoxy) is 1. The van der Waals surface area contributed by atoms with Crippen LogP contribution in [0.5, 0.6) is 5.75 Å². The second kappa shape index (κ2) is 6.90. The molecule has 0 fully saturated rings. The lowest BCUT2D eigenvalue weighted by Crippen LogP contribution is -2.18. The number of para-hydroxylation sites is 1. The summed E-state index contributed by atoms with van der Waals surface area (Å²) < 4.78 is 5.35. The van der Waals surface area contributed by atoms with Crippen molar-refractivity contribution < 1.29 is 14.6 Å². The van der Waals surface area contributed by atoms with Crippen LogP contribution in [-0.4, -0.2) is 18.2 Å². The van der Waals surface area contributed by atoms with Gasteiger partial charge in [0, 0.05) is 18.2 Å². The number of nitrogens with one attached hydrogen (secondary N) is 1. The van der Waals surface area contributed by atoms with Gasteiger partial charge in [-0.1, -0.05) is 30.3 Å². The number of rotatable bonds is 6. The van der Waals surface area contributed by atoms with Gasteiger partial charge in [-0.15, -0.1) is 0 Å². The number of benzene rings is 2. The molecule has 0 aliphatic carbocycles. The predicted octanol–water partition coefficient (Wildman–Crippen LogP) is 3.24. The van der Waals surface area contributed by atoms with Crippen molar-refractivity contribution >= 4 is 5.97 Å². The summed E-state index contributed by atoms with van der Waals surface area (Å²) in [5.74, 6) is -0.0635. The number of hydrogen-bond donors (Lipinski definition) is 2. The Kier molecular flexibility index (Phi) is 4.95. The zero-order valence-electron chi connectivity index (χ0n) is 12.2. The molecule has 2 aromatic carbocycles. The normalized spacial score (nSPS) is 11.9. The van der Waals surface area contributed by atoms with Gasteiger partial charge in [0.15, 0.2) is 0 Å². The molecular formula is C17H19NO3. The lowest BCUT2D eigenvalue weighted by atomic mass is 10.1. The first-order valence-electron chi connectivity index (χ1n) is 6.80. The minimum Gasteiger partial charge on any atom is -0.496 e. The van der Waals surface area contributed by atoms with Crippen molar-refractivity contribution in [2.75, 3.05) is 7.11 Å². The average molecular weight is 285 g/mol. The monoisotopic (exact) mass is 285 g/mol. The van der Waals surface area contributed by atoms with Crippen LogP contribution < -0.4 is 10.1 Å². The van der Waals surface area contributed by atoms with Gasteiger partial charge < -0.3 is 15.2 Å². The van der Waals surface area contributed by atoms with Gasteiger partial charge in [-0.3, -0.25) is 0 Å². The molecule has 110 valence electrons. The quantitative estimate of drug-likeness (QED) is 0.855. The molecule has 2 aromatic rings. The Morgan fingerprint density at radius 1 is 1.24 bits per heavy atom. The summed E-state index contributed by atoms with van der Waals surface area (Å²) in [6.45, 7) is 2.65. The summed E-state index contributed by atoms with van der Waals surface area (Å²) in [4.78, 5) is 11.0.